The molecule has 0 unspecified atom stereocenters. The Morgan fingerprint density at radius 2 is 1.45 bits per heavy atom. The lowest BCUT2D eigenvalue weighted by Gasteiger charge is -2.16. The molecule has 7 nitrogen and oxygen atoms in total. The normalized spacial score (nSPS) is 11.6. The fraction of sp³-hybridized carbons (Fsp3) is 0.350. The zero-order valence-electron chi connectivity index (χ0n) is 28.3. The van der Waals surface area contributed by atoms with Crippen molar-refractivity contribution < 1.29 is 34.0 Å². The first-order valence-electron chi connectivity index (χ1n) is 16.2. The molecule has 0 saturated carbocycles. The predicted molar refractivity (Wildman–Crippen MR) is 187 cm³/mol. The molecule has 0 atom stereocenters. The first-order valence-corrected chi connectivity index (χ1v) is 16.2. The fourth-order valence-electron chi connectivity index (χ4n) is 4.97. The van der Waals surface area contributed by atoms with Gasteiger partial charge >= 0.3 is 11.9 Å². The van der Waals surface area contributed by atoms with E-state index in [4.69, 9.17) is 14.2 Å². The molecule has 0 saturated heterocycles. The van der Waals surface area contributed by atoms with Gasteiger partial charge < -0.3 is 24.4 Å². The lowest BCUT2D eigenvalue weighted by Crippen LogP contribution is -2.13. The summed E-state index contributed by atoms with van der Waals surface area (Å²) in [7, 11) is 0. The third kappa shape index (κ3) is 12.9. The van der Waals surface area contributed by atoms with Crippen molar-refractivity contribution in [3.8, 4) is 23.0 Å². The number of carbonyl (C=O) groups is 2. The van der Waals surface area contributed by atoms with Crippen molar-refractivity contribution in [1.29, 1.82) is 0 Å². The number of aryl methyl sites for hydroxylation is 2. The van der Waals surface area contributed by atoms with Crippen molar-refractivity contribution in [2.75, 3.05) is 13.2 Å². The van der Waals surface area contributed by atoms with Gasteiger partial charge in [0.05, 0.1) is 12.2 Å². The Balaban J connectivity index is 1.56. The minimum atomic E-state index is -1.38. The van der Waals surface area contributed by atoms with Gasteiger partial charge in [0.1, 0.15) is 23.7 Å². The molecule has 2 N–H and O–H groups in total. The van der Waals surface area contributed by atoms with E-state index in [-0.39, 0.29) is 23.7 Å². The van der Waals surface area contributed by atoms with Crippen LogP contribution in [-0.4, -0.2) is 35.4 Å². The van der Waals surface area contributed by atoms with Gasteiger partial charge in [-0.3, -0.25) is 0 Å². The molecule has 0 spiro atoms. The molecule has 3 rings (SSSR count). The molecule has 0 bridgehead atoms. The Morgan fingerprint density at radius 3 is 2.11 bits per heavy atom. The largest absolute Gasteiger partial charge is 0.490 e. The number of ether oxygens (including phenoxy) is 3. The lowest BCUT2D eigenvalue weighted by atomic mass is 10.1. The van der Waals surface area contributed by atoms with Crippen molar-refractivity contribution in [2.45, 2.75) is 79.6 Å². The summed E-state index contributed by atoms with van der Waals surface area (Å²) in [6.07, 6.45) is 12.6. The molecule has 0 aromatic heterocycles. The second-order valence-electron chi connectivity index (χ2n) is 12.1. The minimum absolute atomic E-state index is 0.0688. The van der Waals surface area contributed by atoms with Crippen LogP contribution in [-0.2, 0) is 6.42 Å². The van der Waals surface area contributed by atoms with Crippen LogP contribution >= 0.6 is 0 Å². The zero-order valence-corrected chi connectivity index (χ0v) is 28.3. The van der Waals surface area contributed by atoms with Gasteiger partial charge in [-0.25, -0.2) is 9.59 Å². The molecule has 0 fully saturated rings. The van der Waals surface area contributed by atoms with E-state index in [9.17, 15) is 19.8 Å². The van der Waals surface area contributed by atoms with E-state index < -0.39 is 17.5 Å². The number of hydrogen-bond donors (Lipinski definition) is 2. The van der Waals surface area contributed by atoms with E-state index in [1.165, 1.54) is 28.8 Å². The van der Waals surface area contributed by atoms with Crippen LogP contribution in [0.3, 0.4) is 0 Å². The van der Waals surface area contributed by atoms with E-state index >= 15 is 0 Å². The molecule has 7 heteroatoms. The molecule has 0 aliphatic rings. The summed E-state index contributed by atoms with van der Waals surface area (Å²) in [6, 6.07) is 18.6. The molecule has 0 aliphatic carbocycles. The highest BCUT2D eigenvalue weighted by atomic mass is 16.5. The van der Waals surface area contributed by atoms with Gasteiger partial charge in [0.2, 0.25) is 0 Å². The first kappa shape index (κ1) is 36.7. The molecule has 250 valence electrons. The number of hydrogen-bond acceptors (Lipinski definition) is 5. The lowest BCUT2D eigenvalue weighted by molar-refractivity contribution is 0.0647. The van der Waals surface area contributed by atoms with Crippen LogP contribution < -0.4 is 14.2 Å². The number of aromatic carboxylic acids is 2. The second-order valence-corrected chi connectivity index (χ2v) is 12.1. The maximum atomic E-state index is 12.2. The Morgan fingerprint density at radius 1 is 0.745 bits per heavy atom. The zero-order chi connectivity index (χ0) is 34.2. The average molecular weight is 641 g/mol. The summed E-state index contributed by atoms with van der Waals surface area (Å²) >= 11 is 0. The van der Waals surface area contributed by atoms with Crippen LogP contribution in [0, 0.1) is 6.92 Å². The van der Waals surface area contributed by atoms with Crippen LogP contribution in [0.4, 0.5) is 0 Å². The number of rotatable bonds is 19. The van der Waals surface area contributed by atoms with Crippen molar-refractivity contribution >= 4 is 11.9 Å². The Labute approximate surface area is 279 Å². The SMILES string of the molecule is CC(C)=CCCC(C)=CCCC(C)=CCOc1c(OCCCCc2ccc(Oc3cccc(C)c3)cc2)ccc(C(=O)O)c1C(=O)O. The van der Waals surface area contributed by atoms with Crippen LogP contribution in [0.1, 0.15) is 98.1 Å². The molecular formula is C40H48O7. The molecule has 0 aliphatic heterocycles. The van der Waals surface area contributed by atoms with Crippen LogP contribution in [0.25, 0.3) is 0 Å². The van der Waals surface area contributed by atoms with Gasteiger partial charge in [0, 0.05) is 0 Å². The summed E-state index contributed by atoms with van der Waals surface area (Å²) in [5.74, 6) is -1.00. The van der Waals surface area contributed by atoms with Crippen LogP contribution in [0.15, 0.2) is 95.6 Å². The van der Waals surface area contributed by atoms with Gasteiger partial charge in [0.25, 0.3) is 0 Å². The number of carboxylic acid groups (broad SMARTS) is 2. The second kappa shape index (κ2) is 19.0. The van der Waals surface area contributed by atoms with Crippen molar-refractivity contribution in [3.63, 3.8) is 0 Å². The van der Waals surface area contributed by atoms with Crippen molar-refractivity contribution in [2.24, 2.45) is 0 Å². The van der Waals surface area contributed by atoms with Gasteiger partial charge in [-0.15, -0.1) is 0 Å². The molecular weight excluding hydrogens is 592 g/mol. The van der Waals surface area contributed by atoms with E-state index in [1.54, 1.807) is 0 Å². The summed E-state index contributed by atoms with van der Waals surface area (Å²) in [5.41, 5.74) is 5.33. The third-order valence-electron chi connectivity index (χ3n) is 7.61. The predicted octanol–water partition coefficient (Wildman–Crippen LogP) is 10.4. The van der Waals surface area contributed by atoms with Crippen LogP contribution in [0.5, 0.6) is 23.0 Å². The quantitative estimate of drug-likeness (QED) is 0.0993. The molecule has 0 heterocycles. The Kier molecular flexibility index (Phi) is 14.8. The van der Waals surface area contributed by atoms with Crippen molar-refractivity contribution in [3.05, 3.63) is 118 Å². The highest BCUT2D eigenvalue weighted by Crippen LogP contribution is 2.35. The fourth-order valence-corrected chi connectivity index (χ4v) is 4.97. The minimum Gasteiger partial charge on any atom is -0.490 e. The first-order chi connectivity index (χ1) is 22.5. The molecule has 0 amide bonds. The van der Waals surface area contributed by atoms with E-state index in [0.717, 1.165) is 61.2 Å². The maximum absolute atomic E-state index is 12.2. The van der Waals surface area contributed by atoms with Gasteiger partial charge in [-0.2, -0.15) is 0 Å². The number of unbranched alkanes of at least 4 members (excludes halogenated alkanes) is 1. The monoisotopic (exact) mass is 640 g/mol. The molecule has 47 heavy (non-hydrogen) atoms. The van der Waals surface area contributed by atoms with Gasteiger partial charge in [0.15, 0.2) is 11.5 Å². The molecule has 3 aromatic carbocycles. The summed E-state index contributed by atoms with van der Waals surface area (Å²) in [5, 5.41) is 19.5. The maximum Gasteiger partial charge on any atom is 0.340 e. The van der Waals surface area contributed by atoms with E-state index in [1.807, 2.05) is 68.5 Å². The smallest absolute Gasteiger partial charge is 0.340 e. The van der Waals surface area contributed by atoms with Crippen LogP contribution in [0.2, 0.25) is 0 Å². The summed E-state index contributed by atoms with van der Waals surface area (Å²) in [4.78, 5) is 24.0. The Bertz CT molecular complexity index is 1570. The number of allylic oxidation sites excluding steroid dienone is 5. The third-order valence-corrected chi connectivity index (χ3v) is 7.61. The number of carboxylic acids is 2. The molecule has 0 radical (unpaired) electrons. The number of benzene rings is 3. The molecule has 3 aromatic rings. The summed E-state index contributed by atoms with van der Waals surface area (Å²) < 4.78 is 17.8. The average Bonchev–Trinajstić information content (AvgIpc) is 3.01. The van der Waals surface area contributed by atoms with Gasteiger partial charge in [-0.05, 0) is 133 Å². The highest BCUT2D eigenvalue weighted by molar-refractivity contribution is 6.04. The van der Waals surface area contributed by atoms with E-state index in [2.05, 4.69) is 32.9 Å². The summed E-state index contributed by atoms with van der Waals surface area (Å²) in [6.45, 7) is 10.8. The van der Waals surface area contributed by atoms with Crippen molar-refractivity contribution in [1.82, 2.24) is 0 Å². The standard InChI is InChI=1S/C40H48O7/c1-28(2)11-8-12-29(3)13-9-14-30(4)24-26-46-38-36(23-22-35(39(41)42)37(38)40(43)44)45-25-7-6-16-32-18-20-33(21-19-32)47-34-17-10-15-31(5)27-34/h10-11,13,15,17-24,27H,6-9,12,14,16,25-26H2,1-5H3,(H,41,42)(H,43,44). The van der Waals surface area contributed by atoms with E-state index in [0.29, 0.717) is 13.0 Å². The van der Waals surface area contributed by atoms with Gasteiger partial charge in [-0.1, -0.05) is 53.1 Å². The Hall–Kier alpha value is -4.78. The topological polar surface area (TPSA) is 102 Å². The highest BCUT2D eigenvalue weighted by Gasteiger charge is 2.25.